The van der Waals surface area contributed by atoms with Crippen molar-refractivity contribution in [3.05, 3.63) is 52.0 Å². The van der Waals surface area contributed by atoms with Gasteiger partial charge < -0.3 is 20.0 Å². The predicted octanol–water partition coefficient (Wildman–Crippen LogP) is 1.17. The van der Waals surface area contributed by atoms with Crippen molar-refractivity contribution in [3.63, 3.8) is 0 Å². The first kappa shape index (κ1) is 16.5. The van der Waals surface area contributed by atoms with Crippen LogP contribution < -0.4 is 10.4 Å². The molecule has 1 N–H and O–H groups in total. The molecule has 0 aliphatic heterocycles. The summed E-state index contributed by atoms with van der Waals surface area (Å²) in [5.41, 5.74) is 1.29. The zero-order valence-corrected chi connectivity index (χ0v) is 12.9. The summed E-state index contributed by atoms with van der Waals surface area (Å²) in [5, 5.41) is 14.6. The van der Waals surface area contributed by atoms with Crippen LogP contribution in [0, 0.1) is 11.8 Å². The maximum absolute atomic E-state index is 11.5. The van der Waals surface area contributed by atoms with Crippen LogP contribution in [0.2, 0.25) is 0 Å². The van der Waals surface area contributed by atoms with Gasteiger partial charge in [0.1, 0.15) is 23.3 Å². The van der Waals surface area contributed by atoms with Crippen molar-refractivity contribution in [2.75, 3.05) is 6.54 Å². The minimum atomic E-state index is -1.31. The number of nitrogens with zero attached hydrogens (tertiary/aromatic N) is 1. The van der Waals surface area contributed by atoms with Crippen LogP contribution in [0.1, 0.15) is 27.5 Å². The highest BCUT2D eigenvalue weighted by molar-refractivity contribution is 7.11. The molecular formula is C16H13N2O4S-. The van der Waals surface area contributed by atoms with Gasteiger partial charge in [0.05, 0.1) is 0 Å². The van der Waals surface area contributed by atoms with Gasteiger partial charge in [-0.3, -0.25) is 0 Å². The van der Waals surface area contributed by atoms with E-state index in [1.807, 2.05) is 30.3 Å². The van der Waals surface area contributed by atoms with Crippen molar-refractivity contribution in [1.29, 1.82) is 0 Å². The fraction of sp³-hybridized carbons (Fsp3) is 0.188. The van der Waals surface area contributed by atoms with Crippen molar-refractivity contribution < 1.29 is 19.4 Å². The minimum Gasteiger partial charge on any atom is -0.542 e. The van der Waals surface area contributed by atoms with Crippen LogP contribution in [-0.4, -0.2) is 23.6 Å². The van der Waals surface area contributed by atoms with Gasteiger partial charge in [-0.25, -0.2) is 9.78 Å². The first-order chi connectivity index (χ1) is 11.1. The number of carbonyl (C=O) groups is 2. The molecular weight excluding hydrogens is 316 g/mol. The number of nitrogens with one attached hydrogen (secondary N) is 1. The van der Waals surface area contributed by atoms with E-state index in [-0.39, 0.29) is 11.6 Å². The van der Waals surface area contributed by atoms with Gasteiger partial charge in [-0.15, -0.1) is 11.3 Å². The Balaban J connectivity index is 1.66. The van der Waals surface area contributed by atoms with Crippen molar-refractivity contribution >= 4 is 23.4 Å². The SMILES string of the molecule is O=C(NCCC#Cc1csc(C(=O)[O-])n1)OCc1ccccc1. The van der Waals surface area contributed by atoms with Gasteiger partial charge in [0, 0.05) is 18.3 Å². The van der Waals surface area contributed by atoms with Crippen LogP contribution in [0.4, 0.5) is 4.79 Å². The number of thiazole rings is 1. The summed E-state index contributed by atoms with van der Waals surface area (Å²) in [7, 11) is 0. The van der Waals surface area contributed by atoms with Gasteiger partial charge in [0.15, 0.2) is 0 Å². The number of aromatic nitrogens is 1. The van der Waals surface area contributed by atoms with E-state index in [4.69, 9.17) is 4.74 Å². The van der Waals surface area contributed by atoms with Crippen LogP contribution >= 0.6 is 11.3 Å². The monoisotopic (exact) mass is 329 g/mol. The first-order valence-electron chi connectivity index (χ1n) is 6.75. The lowest BCUT2D eigenvalue weighted by Crippen LogP contribution is -2.24. The predicted molar refractivity (Wildman–Crippen MR) is 82.6 cm³/mol. The number of ether oxygens (including phenoxy) is 1. The van der Waals surface area contributed by atoms with Gasteiger partial charge >= 0.3 is 6.09 Å². The number of aromatic carboxylic acids is 1. The maximum atomic E-state index is 11.5. The number of benzene rings is 1. The standard InChI is InChI=1S/C16H14N2O4S/c19-15(20)14-18-13(11-23-14)8-4-5-9-17-16(21)22-10-12-6-2-1-3-7-12/h1-3,6-7,11H,5,9-10H2,(H,17,21)(H,19,20)/p-1. The average molecular weight is 329 g/mol. The fourth-order valence-corrected chi connectivity index (χ4v) is 2.16. The molecule has 6 nitrogen and oxygen atoms in total. The Hall–Kier alpha value is -2.85. The molecule has 0 aliphatic rings. The average Bonchev–Trinajstić information content (AvgIpc) is 3.03. The molecule has 0 unspecified atom stereocenters. The molecule has 23 heavy (non-hydrogen) atoms. The molecule has 0 saturated carbocycles. The molecule has 0 radical (unpaired) electrons. The van der Waals surface area contributed by atoms with Crippen molar-refractivity contribution in [2.24, 2.45) is 0 Å². The normalized spacial score (nSPS) is 9.57. The molecule has 2 rings (SSSR count). The molecule has 0 atom stereocenters. The third kappa shape index (κ3) is 5.80. The molecule has 0 fully saturated rings. The van der Waals surface area contributed by atoms with Gasteiger partial charge in [-0.1, -0.05) is 36.3 Å². The Morgan fingerprint density at radius 1 is 1.30 bits per heavy atom. The molecule has 1 aromatic carbocycles. The molecule has 0 saturated heterocycles. The van der Waals surface area contributed by atoms with Crippen molar-refractivity contribution in [3.8, 4) is 11.8 Å². The summed E-state index contributed by atoms with van der Waals surface area (Å²) in [6.45, 7) is 0.543. The van der Waals surface area contributed by atoms with E-state index < -0.39 is 12.1 Å². The summed E-state index contributed by atoms with van der Waals surface area (Å²) in [6, 6.07) is 9.37. The summed E-state index contributed by atoms with van der Waals surface area (Å²) in [6.07, 6.45) is -0.109. The molecule has 0 spiro atoms. The Bertz CT molecular complexity index is 731. The van der Waals surface area contributed by atoms with E-state index >= 15 is 0 Å². The van der Waals surface area contributed by atoms with E-state index in [0.717, 1.165) is 16.9 Å². The van der Waals surface area contributed by atoms with E-state index in [9.17, 15) is 14.7 Å². The van der Waals surface area contributed by atoms with Crippen LogP contribution in [0.25, 0.3) is 0 Å². The molecule has 118 valence electrons. The first-order valence-corrected chi connectivity index (χ1v) is 7.63. The van der Waals surface area contributed by atoms with Crippen molar-refractivity contribution in [1.82, 2.24) is 10.3 Å². The Morgan fingerprint density at radius 2 is 2.09 bits per heavy atom. The number of rotatable bonds is 5. The molecule has 7 heteroatoms. The molecule has 1 amide bonds. The smallest absolute Gasteiger partial charge is 0.407 e. The number of carboxylic acids is 1. The summed E-state index contributed by atoms with van der Waals surface area (Å²) in [5.74, 6) is 4.20. The molecule has 0 bridgehead atoms. The third-order valence-electron chi connectivity index (χ3n) is 2.63. The second-order valence-corrected chi connectivity index (χ2v) is 5.22. The van der Waals surface area contributed by atoms with Crippen LogP contribution in [0.5, 0.6) is 0 Å². The lowest BCUT2D eigenvalue weighted by atomic mass is 10.2. The number of amides is 1. The largest absolute Gasteiger partial charge is 0.542 e. The van der Waals surface area contributed by atoms with Gasteiger partial charge in [-0.2, -0.15) is 0 Å². The summed E-state index contributed by atoms with van der Waals surface area (Å²) in [4.78, 5) is 25.8. The highest BCUT2D eigenvalue weighted by atomic mass is 32.1. The quantitative estimate of drug-likeness (QED) is 0.657. The van der Waals surface area contributed by atoms with E-state index in [2.05, 4.69) is 22.1 Å². The van der Waals surface area contributed by atoms with Gasteiger partial charge in [-0.05, 0) is 11.5 Å². The van der Waals surface area contributed by atoms with E-state index in [1.165, 1.54) is 0 Å². The second kappa shape index (κ2) is 8.56. The molecule has 2 aromatic rings. The highest BCUT2D eigenvalue weighted by Crippen LogP contribution is 2.07. The number of hydrogen-bond donors (Lipinski definition) is 1. The Morgan fingerprint density at radius 3 is 2.78 bits per heavy atom. The lowest BCUT2D eigenvalue weighted by Gasteiger charge is -2.05. The molecule has 1 heterocycles. The van der Waals surface area contributed by atoms with Gasteiger partial charge in [0.2, 0.25) is 0 Å². The Kier molecular flexibility index (Phi) is 6.15. The van der Waals surface area contributed by atoms with Gasteiger partial charge in [0.25, 0.3) is 0 Å². The van der Waals surface area contributed by atoms with E-state index in [1.54, 1.807) is 5.38 Å². The molecule has 0 aliphatic carbocycles. The topological polar surface area (TPSA) is 91.4 Å². The number of carboxylic acid groups (broad SMARTS) is 1. The lowest BCUT2D eigenvalue weighted by molar-refractivity contribution is -0.255. The van der Waals surface area contributed by atoms with Crippen LogP contribution in [-0.2, 0) is 11.3 Å². The number of carbonyl (C=O) groups excluding carboxylic acids is 2. The van der Waals surface area contributed by atoms with E-state index in [0.29, 0.717) is 18.7 Å². The number of hydrogen-bond acceptors (Lipinski definition) is 6. The zero-order valence-electron chi connectivity index (χ0n) is 12.1. The third-order valence-corrected chi connectivity index (χ3v) is 3.45. The number of alkyl carbamates (subject to hydrolysis) is 1. The minimum absolute atomic E-state index is 0.100. The zero-order chi connectivity index (χ0) is 16.5. The maximum Gasteiger partial charge on any atom is 0.407 e. The summed E-state index contributed by atoms with van der Waals surface area (Å²) >= 11 is 0.965. The molecule has 1 aromatic heterocycles. The summed E-state index contributed by atoms with van der Waals surface area (Å²) < 4.78 is 5.04. The second-order valence-electron chi connectivity index (χ2n) is 4.37. The van der Waals surface area contributed by atoms with Crippen LogP contribution in [0.15, 0.2) is 35.7 Å². The van der Waals surface area contributed by atoms with Crippen LogP contribution in [0.3, 0.4) is 0 Å². The fourth-order valence-electron chi connectivity index (χ4n) is 1.58. The highest BCUT2D eigenvalue weighted by Gasteiger charge is 2.01. The van der Waals surface area contributed by atoms with Crippen molar-refractivity contribution in [2.45, 2.75) is 13.0 Å². The Labute approximate surface area is 137 Å².